The van der Waals surface area contributed by atoms with E-state index in [0.717, 1.165) is 25.2 Å². The van der Waals surface area contributed by atoms with E-state index < -0.39 is 18.5 Å². The third kappa shape index (κ3) is 4.07. The van der Waals surface area contributed by atoms with Crippen molar-refractivity contribution in [1.82, 2.24) is 10.2 Å². The van der Waals surface area contributed by atoms with E-state index in [1.807, 2.05) is 0 Å². The van der Waals surface area contributed by atoms with Crippen molar-refractivity contribution in [3.05, 3.63) is 29.8 Å². The lowest BCUT2D eigenvalue weighted by atomic mass is 9.87. The monoisotopic (exact) mass is 346 g/mol. The van der Waals surface area contributed by atoms with Gasteiger partial charge in [-0.15, -0.1) is 0 Å². The van der Waals surface area contributed by atoms with Crippen molar-refractivity contribution in [2.45, 2.75) is 51.5 Å². The van der Waals surface area contributed by atoms with E-state index in [4.69, 9.17) is 4.74 Å². The summed E-state index contributed by atoms with van der Waals surface area (Å²) in [6, 6.07) is 8.42. The fourth-order valence-electron chi connectivity index (χ4n) is 3.32. The Hall–Kier alpha value is -1.79. The average molecular weight is 346 g/mol. The van der Waals surface area contributed by atoms with Crippen LogP contribution in [-0.4, -0.2) is 54.7 Å². The van der Waals surface area contributed by atoms with Gasteiger partial charge < -0.3 is 14.7 Å². The number of amides is 1. The Kier molecular flexibility index (Phi) is 5.20. The van der Waals surface area contributed by atoms with Crippen LogP contribution in [0, 0.1) is 0 Å². The number of ether oxygens (including phenoxy) is 1. The molecule has 0 spiro atoms. The van der Waals surface area contributed by atoms with E-state index in [1.54, 1.807) is 0 Å². The number of aliphatic hydroxyl groups is 1. The number of aliphatic hydroxyl groups excluding tert-OH is 1. The number of rotatable bonds is 2. The molecule has 2 saturated heterocycles. The Bertz CT molecular complexity index is 597. The highest BCUT2D eigenvalue weighted by Crippen LogP contribution is 2.27. The number of carbonyl (C=O) groups is 1. The van der Waals surface area contributed by atoms with Crippen LogP contribution < -0.4 is 10.2 Å². The summed E-state index contributed by atoms with van der Waals surface area (Å²) in [5.41, 5.74) is 2.41. The third-order valence-corrected chi connectivity index (χ3v) is 4.89. The van der Waals surface area contributed by atoms with Crippen LogP contribution in [-0.2, 0) is 10.2 Å². The van der Waals surface area contributed by atoms with E-state index in [2.05, 4.69) is 55.3 Å². The molecule has 1 aromatic carbocycles. The molecule has 137 valence electrons. The fourth-order valence-corrected chi connectivity index (χ4v) is 3.32. The first-order valence-electron chi connectivity index (χ1n) is 9.02. The number of nitrogens with zero attached hydrogens (tertiary/aromatic N) is 3. The third-order valence-electron chi connectivity index (χ3n) is 4.89. The molecular weight excluding hydrogens is 318 g/mol. The van der Waals surface area contributed by atoms with E-state index >= 15 is 0 Å². The number of hydrogen-bond donors (Lipinski definition) is 1. The van der Waals surface area contributed by atoms with Gasteiger partial charge in [-0.05, 0) is 36.0 Å². The molecule has 25 heavy (non-hydrogen) atoms. The van der Waals surface area contributed by atoms with Crippen molar-refractivity contribution in [3.8, 4) is 0 Å². The zero-order chi connectivity index (χ0) is 18.0. The van der Waals surface area contributed by atoms with Gasteiger partial charge in [-0.25, -0.2) is 10.1 Å². The maximum absolute atomic E-state index is 12.4. The second-order valence-corrected chi connectivity index (χ2v) is 7.77. The second-order valence-electron chi connectivity index (χ2n) is 7.77. The lowest BCUT2D eigenvalue weighted by Gasteiger charge is -2.37. The van der Waals surface area contributed by atoms with E-state index in [-0.39, 0.29) is 5.41 Å². The van der Waals surface area contributed by atoms with Crippen LogP contribution in [0.2, 0.25) is 0 Å². The summed E-state index contributed by atoms with van der Waals surface area (Å²) in [6.07, 6.45) is -0.184. The van der Waals surface area contributed by atoms with Gasteiger partial charge in [0, 0.05) is 25.3 Å². The van der Waals surface area contributed by atoms with Crippen LogP contribution in [0.5, 0.6) is 0 Å². The molecule has 6 nitrogen and oxygen atoms in total. The number of piperazine rings is 1. The highest BCUT2D eigenvalue weighted by Gasteiger charge is 2.33. The molecule has 1 aromatic rings. The molecule has 1 unspecified atom stereocenters. The maximum Gasteiger partial charge on any atom is 0.413 e. The number of carbonyl (C=O) groups excluding carboxylic acids is 1. The van der Waals surface area contributed by atoms with Gasteiger partial charge in [0.2, 0.25) is 0 Å². The van der Waals surface area contributed by atoms with E-state index in [0.29, 0.717) is 19.5 Å². The molecule has 0 aliphatic carbocycles. The Labute approximate surface area is 149 Å². The Balaban J connectivity index is 1.71. The standard InChI is InChI=1S/C19H28N3O3/c1-19(2,3)14-6-8-15(9-7-14)21-12-10-20-13-17(21)25-18(24)22-11-4-5-16(22)23/h6-9,16-17,23H,4-5,10-13H2,1-3H3/t16?,17-/m1/s1. The molecule has 1 N–H and O–H groups in total. The van der Waals surface area contributed by atoms with Gasteiger partial charge >= 0.3 is 6.09 Å². The van der Waals surface area contributed by atoms with Gasteiger partial charge in [0.15, 0.2) is 6.23 Å². The summed E-state index contributed by atoms with van der Waals surface area (Å²) in [4.78, 5) is 15.8. The molecule has 2 heterocycles. The van der Waals surface area contributed by atoms with Crippen LogP contribution >= 0.6 is 0 Å². The van der Waals surface area contributed by atoms with Crippen molar-refractivity contribution in [2.24, 2.45) is 0 Å². The van der Waals surface area contributed by atoms with Crippen LogP contribution in [0.15, 0.2) is 24.3 Å². The average Bonchev–Trinajstić information content (AvgIpc) is 3.01. The molecule has 0 saturated carbocycles. The summed E-state index contributed by atoms with van der Waals surface area (Å²) in [6.45, 7) is 9.01. The molecule has 0 aromatic heterocycles. The Morgan fingerprint density at radius 1 is 1.24 bits per heavy atom. The molecule has 2 fully saturated rings. The van der Waals surface area contributed by atoms with Crippen LogP contribution in [0.25, 0.3) is 0 Å². The van der Waals surface area contributed by atoms with Gasteiger partial charge in [0.1, 0.15) is 6.23 Å². The first kappa shape index (κ1) is 18.0. The number of likely N-dealkylation sites (tertiary alicyclic amines) is 1. The molecule has 1 amide bonds. The molecule has 2 atom stereocenters. The molecule has 3 rings (SSSR count). The SMILES string of the molecule is CC(C)(C)c1ccc(N2CC[N]C[C@H]2OC(=O)N2CCCC2O)cc1. The smallest absolute Gasteiger partial charge is 0.413 e. The van der Waals surface area contributed by atoms with E-state index in [9.17, 15) is 9.90 Å². The van der Waals surface area contributed by atoms with Gasteiger partial charge in [-0.2, -0.15) is 0 Å². The normalized spacial score (nSPS) is 24.5. The zero-order valence-corrected chi connectivity index (χ0v) is 15.3. The molecule has 1 radical (unpaired) electrons. The molecule has 2 aliphatic rings. The van der Waals surface area contributed by atoms with Crippen molar-refractivity contribution in [1.29, 1.82) is 0 Å². The topological polar surface area (TPSA) is 67.1 Å². The number of benzene rings is 1. The minimum Gasteiger partial charge on any atom is -0.424 e. The van der Waals surface area contributed by atoms with Crippen LogP contribution in [0.4, 0.5) is 10.5 Å². The van der Waals surface area contributed by atoms with Crippen molar-refractivity contribution in [3.63, 3.8) is 0 Å². The van der Waals surface area contributed by atoms with Gasteiger partial charge in [0.25, 0.3) is 0 Å². The van der Waals surface area contributed by atoms with Crippen LogP contribution in [0.3, 0.4) is 0 Å². The molecule has 0 bridgehead atoms. The predicted octanol–water partition coefficient (Wildman–Crippen LogP) is 2.29. The highest BCUT2D eigenvalue weighted by atomic mass is 16.6. The fraction of sp³-hybridized carbons (Fsp3) is 0.632. The first-order chi connectivity index (χ1) is 11.9. The van der Waals surface area contributed by atoms with Gasteiger partial charge in [-0.3, -0.25) is 4.90 Å². The lowest BCUT2D eigenvalue weighted by Crippen LogP contribution is -2.52. The summed E-state index contributed by atoms with van der Waals surface area (Å²) in [5.74, 6) is 0. The van der Waals surface area contributed by atoms with Crippen molar-refractivity contribution in [2.75, 3.05) is 31.1 Å². The maximum atomic E-state index is 12.4. The molecular formula is C19H28N3O3. The van der Waals surface area contributed by atoms with E-state index in [1.165, 1.54) is 10.5 Å². The minimum absolute atomic E-state index is 0.105. The molecule has 2 aliphatic heterocycles. The number of anilines is 1. The minimum atomic E-state index is -0.729. The summed E-state index contributed by atoms with van der Waals surface area (Å²) < 4.78 is 5.67. The Morgan fingerprint density at radius 2 is 1.96 bits per heavy atom. The molecule has 6 heteroatoms. The van der Waals surface area contributed by atoms with Crippen molar-refractivity contribution >= 4 is 11.8 Å². The van der Waals surface area contributed by atoms with Crippen molar-refractivity contribution < 1.29 is 14.6 Å². The largest absolute Gasteiger partial charge is 0.424 e. The predicted molar refractivity (Wildman–Crippen MR) is 96.6 cm³/mol. The Morgan fingerprint density at radius 3 is 2.56 bits per heavy atom. The lowest BCUT2D eigenvalue weighted by molar-refractivity contribution is 0.00469. The number of hydrogen-bond acceptors (Lipinski definition) is 4. The quantitative estimate of drug-likeness (QED) is 0.892. The van der Waals surface area contributed by atoms with Gasteiger partial charge in [0.05, 0.1) is 6.54 Å². The first-order valence-corrected chi connectivity index (χ1v) is 9.02. The van der Waals surface area contributed by atoms with Crippen LogP contribution in [0.1, 0.15) is 39.2 Å². The summed E-state index contributed by atoms with van der Waals surface area (Å²) >= 11 is 0. The van der Waals surface area contributed by atoms with Gasteiger partial charge in [-0.1, -0.05) is 32.9 Å². The highest BCUT2D eigenvalue weighted by molar-refractivity contribution is 5.69. The summed E-state index contributed by atoms with van der Waals surface area (Å²) in [7, 11) is 0. The zero-order valence-electron chi connectivity index (χ0n) is 15.3. The second kappa shape index (κ2) is 7.22. The summed E-state index contributed by atoms with van der Waals surface area (Å²) in [5, 5.41) is 14.3.